The fourth-order valence-corrected chi connectivity index (χ4v) is 5.73. The zero-order chi connectivity index (χ0) is 28.2. The van der Waals surface area contributed by atoms with Gasteiger partial charge in [-0.15, -0.1) is 0 Å². The van der Waals surface area contributed by atoms with E-state index in [-0.39, 0.29) is 57.9 Å². The Morgan fingerprint density at radius 3 is 2.50 bits per heavy atom. The highest BCUT2D eigenvalue weighted by Crippen LogP contribution is 2.45. The van der Waals surface area contributed by atoms with Crippen molar-refractivity contribution in [2.75, 3.05) is 6.61 Å². The Labute approximate surface area is 228 Å². The summed E-state index contributed by atoms with van der Waals surface area (Å²) in [6.45, 7) is -0.491. The molecule has 6 N–H and O–H groups in total. The third-order valence-electron chi connectivity index (χ3n) is 7.83. The Kier molecular flexibility index (Phi) is 6.29. The van der Waals surface area contributed by atoms with Gasteiger partial charge in [0.15, 0.2) is 11.0 Å². The van der Waals surface area contributed by atoms with Crippen LogP contribution in [0.4, 0.5) is 0 Å². The van der Waals surface area contributed by atoms with Gasteiger partial charge >= 0.3 is 0 Å². The molecule has 1 aliphatic heterocycles. The molecule has 0 saturated carbocycles. The number of phenols is 3. The van der Waals surface area contributed by atoms with Crippen molar-refractivity contribution in [3.05, 3.63) is 98.4 Å². The molecule has 1 aliphatic carbocycles. The molecule has 9 heteroatoms. The Balaban J connectivity index is 1.39. The molecule has 0 saturated heterocycles. The highest BCUT2D eigenvalue weighted by atomic mass is 16.5. The van der Waals surface area contributed by atoms with Crippen LogP contribution in [0.15, 0.2) is 69.4 Å². The minimum Gasteiger partial charge on any atom is -0.508 e. The molecule has 0 unspecified atom stereocenters. The van der Waals surface area contributed by atoms with E-state index in [1.54, 1.807) is 0 Å². The Morgan fingerprint density at radius 2 is 1.75 bits per heavy atom. The lowest BCUT2D eigenvalue weighted by Crippen LogP contribution is -2.54. The van der Waals surface area contributed by atoms with Crippen molar-refractivity contribution >= 4 is 17.0 Å². The van der Waals surface area contributed by atoms with Crippen LogP contribution in [0.25, 0.3) is 17.0 Å². The number of aliphatic hydroxyl groups is 3. The van der Waals surface area contributed by atoms with E-state index in [1.807, 2.05) is 24.3 Å². The first-order valence-corrected chi connectivity index (χ1v) is 13.0. The van der Waals surface area contributed by atoms with Gasteiger partial charge in [-0.2, -0.15) is 0 Å². The maximum Gasteiger partial charge on any atom is 0.196 e. The third kappa shape index (κ3) is 4.38. The summed E-state index contributed by atoms with van der Waals surface area (Å²) in [6.07, 6.45) is 1.13. The number of hydrogen-bond acceptors (Lipinski definition) is 9. The maximum absolute atomic E-state index is 13.0. The topological polar surface area (TPSA) is 161 Å². The van der Waals surface area contributed by atoms with Crippen LogP contribution in [0.2, 0.25) is 0 Å². The van der Waals surface area contributed by atoms with Crippen molar-refractivity contribution in [1.82, 2.24) is 0 Å². The lowest BCUT2D eigenvalue weighted by Gasteiger charge is -2.42. The Hall–Kier alpha value is -4.31. The zero-order valence-corrected chi connectivity index (χ0v) is 21.4. The molecule has 3 aromatic carbocycles. The minimum atomic E-state index is -1.51. The molecular formula is C31H28O9. The second kappa shape index (κ2) is 9.71. The number of aryl methyl sites for hydroxylation is 1. The summed E-state index contributed by atoms with van der Waals surface area (Å²) in [5.74, 6) is -1.02. The number of aromatic hydroxyl groups is 3. The maximum atomic E-state index is 13.0. The standard InChI is InChI=1S/C31H28O9/c32-15-31(14-16-5-6-17-3-1-2-4-18(17)7-16)27(36)11-22-24(40-31)13-25-28(30(22)38)23(35)12-26(39-25)29(37)19-8-20(33)10-21(34)9-19/h1-4,7-10,12-13,27,29,32-34,36-38H,5-6,11,14-15H2/t27-,29-,31-/m1/s1. The molecule has 2 aliphatic rings. The van der Waals surface area contributed by atoms with Crippen molar-refractivity contribution in [3.8, 4) is 23.0 Å². The number of phenolic OH excluding ortho intramolecular Hbond substituents is 3. The second-order valence-electron chi connectivity index (χ2n) is 10.5. The largest absolute Gasteiger partial charge is 0.508 e. The fraction of sp³-hybridized carbons (Fsp3) is 0.258. The summed E-state index contributed by atoms with van der Waals surface area (Å²) < 4.78 is 12.0. The van der Waals surface area contributed by atoms with E-state index in [4.69, 9.17) is 9.15 Å². The van der Waals surface area contributed by atoms with Gasteiger partial charge < -0.3 is 39.8 Å². The van der Waals surface area contributed by atoms with Crippen molar-refractivity contribution in [2.45, 2.75) is 43.5 Å². The van der Waals surface area contributed by atoms with Gasteiger partial charge in [0.05, 0.1) is 6.61 Å². The molecule has 1 aromatic heterocycles. The molecule has 3 atom stereocenters. The minimum absolute atomic E-state index is 0.0616. The van der Waals surface area contributed by atoms with E-state index < -0.39 is 35.6 Å². The van der Waals surface area contributed by atoms with E-state index in [1.165, 1.54) is 23.8 Å². The number of ether oxygens (including phenoxy) is 1. The second-order valence-corrected chi connectivity index (χ2v) is 10.5. The monoisotopic (exact) mass is 544 g/mol. The predicted octanol–water partition coefficient (Wildman–Crippen LogP) is 3.44. The molecule has 6 rings (SSSR count). The van der Waals surface area contributed by atoms with Gasteiger partial charge in [0.2, 0.25) is 0 Å². The van der Waals surface area contributed by atoms with Crippen LogP contribution in [-0.4, -0.2) is 49.0 Å². The summed E-state index contributed by atoms with van der Waals surface area (Å²) in [6, 6.07) is 14.0. The van der Waals surface area contributed by atoms with Gasteiger partial charge in [-0.25, -0.2) is 0 Å². The van der Waals surface area contributed by atoms with Crippen LogP contribution in [-0.2, 0) is 12.8 Å². The van der Waals surface area contributed by atoms with Gasteiger partial charge in [0.1, 0.15) is 51.9 Å². The summed E-state index contributed by atoms with van der Waals surface area (Å²) in [7, 11) is 0. The first kappa shape index (κ1) is 25.9. The highest BCUT2D eigenvalue weighted by Gasteiger charge is 2.46. The molecule has 0 radical (unpaired) electrons. The van der Waals surface area contributed by atoms with Crippen molar-refractivity contribution in [3.63, 3.8) is 0 Å². The quantitative estimate of drug-likeness (QED) is 0.221. The highest BCUT2D eigenvalue weighted by molar-refractivity contribution is 5.87. The van der Waals surface area contributed by atoms with E-state index in [2.05, 4.69) is 6.07 Å². The van der Waals surface area contributed by atoms with Gasteiger partial charge in [-0.3, -0.25) is 4.79 Å². The zero-order valence-electron chi connectivity index (χ0n) is 21.4. The molecule has 206 valence electrons. The molecule has 40 heavy (non-hydrogen) atoms. The lowest BCUT2D eigenvalue weighted by atomic mass is 9.80. The summed E-state index contributed by atoms with van der Waals surface area (Å²) >= 11 is 0. The van der Waals surface area contributed by atoms with Gasteiger partial charge in [-0.05, 0) is 41.7 Å². The van der Waals surface area contributed by atoms with E-state index in [0.717, 1.165) is 36.1 Å². The molecule has 0 bridgehead atoms. The van der Waals surface area contributed by atoms with E-state index in [9.17, 15) is 35.4 Å². The van der Waals surface area contributed by atoms with Crippen LogP contribution in [0.1, 0.15) is 47.0 Å². The number of hydrogen-bond donors (Lipinski definition) is 6. The molecule has 0 amide bonds. The first-order valence-electron chi connectivity index (χ1n) is 13.0. The van der Waals surface area contributed by atoms with Crippen LogP contribution in [0, 0.1) is 0 Å². The van der Waals surface area contributed by atoms with Crippen LogP contribution < -0.4 is 10.2 Å². The predicted molar refractivity (Wildman–Crippen MR) is 145 cm³/mol. The Morgan fingerprint density at radius 1 is 1.00 bits per heavy atom. The smallest absolute Gasteiger partial charge is 0.196 e. The van der Waals surface area contributed by atoms with Gasteiger partial charge in [-0.1, -0.05) is 35.9 Å². The summed E-state index contributed by atoms with van der Waals surface area (Å²) in [5.41, 5.74) is 1.52. The SMILES string of the molecule is O=c1cc([C@H](O)c2cc(O)cc(O)c2)oc2cc3c(c(O)c12)C[C@@H](O)[C@](CO)(CC1=Cc2ccccc2CC1)O3. The molecule has 0 spiro atoms. The van der Waals surface area contributed by atoms with Crippen molar-refractivity contribution in [1.29, 1.82) is 0 Å². The molecule has 9 nitrogen and oxygen atoms in total. The molecule has 2 heterocycles. The van der Waals surface area contributed by atoms with Crippen LogP contribution in [0.3, 0.4) is 0 Å². The van der Waals surface area contributed by atoms with Crippen molar-refractivity contribution in [2.24, 2.45) is 0 Å². The molecule has 0 fully saturated rings. The van der Waals surface area contributed by atoms with E-state index >= 15 is 0 Å². The third-order valence-corrected chi connectivity index (χ3v) is 7.83. The molecular weight excluding hydrogens is 516 g/mol. The lowest BCUT2D eigenvalue weighted by molar-refractivity contribution is -0.0962. The number of fused-ring (bicyclic) bond motifs is 3. The van der Waals surface area contributed by atoms with Gasteiger partial charge in [0.25, 0.3) is 0 Å². The average molecular weight is 545 g/mol. The normalized spacial score (nSPS) is 20.8. The van der Waals surface area contributed by atoms with Crippen LogP contribution >= 0.6 is 0 Å². The molecule has 4 aromatic rings. The van der Waals surface area contributed by atoms with Crippen LogP contribution in [0.5, 0.6) is 23.0 Å². The fourth-order valence-electron chi connectivity index (χ4n) is 5.73. The van der Waals surface area contributed by atoms with E-state index in [0.29, 0.717) is 0 Å². The summed E-state index contributed by atoms with van der Waals surface area (Å²) in [5, 5.41) is 62.9. The first-order chi connectivity index (χ1) is 19.2. The number of benzene rings is 3. The number of aliphatic hydroxyl groups excluding tert-OH is 3. The average Bonchev–Trinajstić information content (AvgIpc) is 2.92. The van der Waals surface area contributed by atoms with Crippen molar-refractivity contribution < 1.29 is 39.8 Å². The Bertz CT molecular complexity index is 1700. The van der Waals surface area contributed by atoms with Gasteiger partial charge in [0, 0.05) is 36.6 Å². The summed E-state index contributed by atoms with van der Waals surface area (Å²) in [4.78, 5) is 13.0. The number of rotatable bonds is 5.